The van der Waals surface area contributed by atoms with Crippen LogP contribution in [0.25, 0.3) is 0 Å². The highest BCUT2D eigenvalue weighted by Crippen LogP contribution is 2.42. The molecule has 24 heavy (non-hydrogen) atoms. The van der Waals surface area contributed by atoms with E-state index in [-0.39, 0.29) is 12.0 Å². The van der Waals surface area contributed by atoms with E-state index in [4.69, 9.17) is 9.31 Å². The summed E-state index contributed by atoms with van der Waals surface area (Å²) in [5, 5.41) is 0. The van der Waals surface area contributed by atoms with E-state index in [1.165, 1.54) is 7.11 Å². The minimum atomic E-state index is -1.30. The molecule has 1 aliphatic heterocycles. The minimum Gasteiger partial charge on any atom is -0.469 e. The third-order valence-electron chi connectivity index (χ3n) is 4.65. The van der Waals surface area contributed by atoms with Crippen LogP contribution < -0.4 is 0 Å². The fraction of sp³-hybridized carbons (Fsp3) is 0.562. The maximum absolute atomic E-state index is 14.2. The third-order valence-corrected chi connectivity index (χ3v) is 4.65. The lowest BCUT2D eigenvalue weighted by atomic mass is 9.66. The number of hydrogen-bond acceptors (Lipinski definition) is 4. The van der Waals surface area contributed by atoms with Crippen LogP contribution in [0, 0.1) is 17.5 Å². The molecule has 0 aliphatic carbocycles. The maximum atomic E-state index is 14.2. The first kappa shape index (κ1) is 18.8. The Morgan fingerprint density at radius 3 is 2.08 bits per heavy atom. The van der Waals surface area contributed by atoms with Crippen molar-refractivity contribution in [1.82, 2.24) is 0 Å². The van der Waals surface area contributed by atoms with Gasteiger partial charge in [0.05, 0.1) is 24.7 Å². The molecule has 0 N–H and O–H groups in total. The second-order valence-electron chi connectivity index (χ2n) is 6.80. The number of rotatable bonds is 4. The highest BCUT2D eigenvalue weighted by molar-refractivity contribution is 6.48. The summed E-state index contributed by atoms with van der Waals surface area (Å²) in [4.78, 5) is 11.7. The first-order valence-electron chi connectivity index (χ1n) is 7.55. The molecule has 1 unspecified atom stereocenters. The summed E-state index contributed by atoms with van der Waals surface area (Å²) in [5.74, 6) is -5.11. The molecule has 2 rings (SSSR count). The topological polar surface area (TPSA) is 44.8 Å². The Morgan fingerprint density at radius 2 is 1.58 bits per heavy atom. The van der Waals surface area contributed by atoms with Gasteiger partial charge in [0.1, 0.15) is 5.82 Å². The number of esters is 1. The van der Waals surface area contributed by atoms with Gasteiger partial charge in [0.15, 0.2) is 11.6 Å². The molecule has 132 valence electrons. The molecule has 1 aliphatic rings. The molecule has 0 aromatic heterocycles. The van der Waals surface area contributed by atoms with Crippen molar-refractivity contribution in [2.45, 2.75) is 51.1 Å². The van der Waals surface area contributed by atoms with E-state index in [1.54, 1.807) is 27.7 Å². The fourth-order valence-corrected chi connectivity index (χ4v) is 2.49. The molecule has 1 heterocycles. The molecule has 0 radical (unpaired) electrons. The van der Waals surface area contributed by atoms with Crippen molar-refractivity contribution in [3.63, 3.8) is 0 Å². The summed E-state index contributed by atoms with van der Waals surface area (Å²) in [7, 11) is 0.180. The van der Waals surface area contributed by atoms with E-state index in [1.807, 2.05) is 0 Å². The second kappa shape index (κ2) is 6.40. The maximum Gasteiger partial charge on any atom is 0.466 e. The van der Waals surface area contributed by atoms with E-state index in [0.717, 1.165) is 6.07 Å². The molecule has 0 spiro atoms. The third kappa shape index (κ3) is 3.44. The monoisotopic (exact) mass is 344 g/mol. The molecule has 1 aromatic carbocycles. The van der Waals surface area contributed by atoms with Crippen molar-refractivity contribution in [2.24, 2.45) is 0 Å². The summed E-state index contributed by atoms with van der Waals surface area (Å²) >= 11 is 0. The van der Waals surface area contributed by atoms with Crippen LogP contribution in [0.2, 0.25) is 0 Å². The number of ether oxygens (including phenoxy) is 1. The van der Waals surface area contributed by atoms with E-state index >= 15 is 0 Å². The molecule has 1 aromatic rings. The first-order chi connectivity index (χ1) is 11.0. The van der Waals surface area contributed by atoms with Crippen LogP contribution in [0.1, 0.15) is 45.5 Å². The quantitative estimate of drug-likeness (QED) is 0.477. The molecule has 1 fully saturated rings. The van der Waals surface area contributed by atoms with Gasteiger partial charge in [-0.3, -0.25) is 4.79 Å². The van der Waals surface area contributed by atoms with Gasteiger partial charge in [-0.25, -0.2) is 13.2 Å². The van der Waals surface area contributed by atoms with Crippen molar-refractivity contribution in [2.75, 3.05) is 7.11 Å². The normalized spacial score (nSPS) is 20.1. The Labute approximate surface area is 139 Å². The van der Waals surface area contributed by atoms with Crippen LogP contribution >= 0.6 is 0 Å². The van der Waals surface area contributed by atoms with E-state index in [2.05, 4.69) is 4.74 Å². The molecular formula is C16H20BF3O4. The van der Waals surface area contributed by atoms with Gasteiger partial charge in [-0.15, -0.1) is 0 Å². The predicted octanol–water partition coefficient (Wildman–Crippen LogP) is 3.38. The number of carbonyl (C=O) groups excluding carboxylic acids is 1. The molecule has 1 saturated heterocycles. The number of hydrogen-bond donors (Lipinski definition) is 0. The van der Waals surface area contributed by atoms with E-state index < -0.39 is 47.6 Å². The van der Waals surface area contributed by atoms with E-state index in [0.29, 0.717) is 6.07 Å². The Balaban J connectivity index is 2.44. The zero-order chi connectivity index (χ0) is 18.3. The highest BCUT2D eigenvalue weighted by Gasteiger charge is 2.54. The van der Waals surface area contributed by atoms with Crippen molar-refractivity contribution in [1.29, 1.82) is 0 Å². The van der Waals surface area contributed by atoms with Gasteiger partial charge in [-0.05, 0) is 39.3 Å². The molecule has 0 amide bonds. The van der Waals surface area contributed by atoms with Crippen molar-refractivity contribution < 1.29 is 32.0 Å². The number of halogens is 3. The number of carbonyl (C=O) groups is 1. The smallest absolute Gasteiger partial charge is 0.466 e. The van der Waals surface area contributed by atoms with Crippen LogP contribution in [0.5, 0.6) is 0 Å². The Kier molecular flexibility index (Phi) is 5.02. The van der Waals surface area contributed by atoms with E-state index in [9.17, 15) is 18.0 Å². The SMILES string of the molecule is COC(=O)CC(B1OC(C)(C)C(C)(C)O1)c1cc(F)c(F)cc1F. The Hall–Kier alpha value is -1.54. The first-order valence-corrected chi connectivity index (χ1v) is 7.55. The Bertz CT molecular complexity index is 632. The van der Waals surface area contributed by atoms with Crippen molar-refractivity contribution >= 4 is 13.1 Å². The molecular weight excluding hydrogens is 324 g/mol. The Morgan fingerprint density at radius 1 is 1.08 bits per heavy atom. The van der Waals surface area contributed by atoms with Crippen LogP contribution in [-0.2, 0) is 18.8 Å². The van der Waals surface area contributed by atoms with Crippen LogP contribution in [0.4, 0.5) is 13.2 Å². The van der Waals surface area contributed by atoms with Gasteiger partial charge in [-0.2, -0.15) is 0 Å². The van der Waals surface area contributed by atoms with Gasteiger partial charge in [0, 0.05) is 11.9 Å². The molecule has 4 nitrogen and oxygen atoms in total. The van der Waals surface area contributed by atoms with Crippen LogP contribution in [0.15, 0.2) is 12.1 Å². The fourth-order valence-electron chi connectivity index (χ4n) is 2.49. The van der Waals surface area contributed by atoms with Gasteiger partial charge < -0.3 is 14.0 Å². The molecule has 0 saturated carbocycles. The summed E-state index contributed by atoms with van der Waals surface area (Å²) in [6, 6.07) is 1.17. The summed E-state index contributed by atoms with van der Waals surface area (Å²) < 4.78 is 57.3. The van der Waals surface area contributed by atoms with Gasteiger partial charge in [0.2, 0.25) is 0 Å². The zero-order valence-electron chi connectivity index (χ0n) is 14.3. The van der Waals surface area contributed by atoms with Gasteiger partial charge >= 0.3 is 13.1 Å². The highest BCUT2D eigenvalue weighted by atomic mass is 19.2. The second-order valence-corrected chi connectivity index (χ2v) is 6.80. The minimum absolute atomic E-state index is 0.196. The lowest BCUT2D eigenvalue weighted by Gasteiger charge is -2.32. The average Bonchev–Trinajstić information content (AvgIpc) is 2.68. The standard InChI is InChI=1S/C16H20BF3O4/c1-15(2)16(3,4)24-17(23-15)10(7-14(21)22-5)9-6-12(19)13(20)8-11(9)18/h6,8,10H,7H2,1-5H3. The van der Waals surface area contributed by atoms with Crippen molar-refractivity contribution in [3.8, 4) is 0 Å². The molecule has 0 bridgehead atoms. The zero-order valence-corrected chi connectivity index (χ0v) is 14.3. The summed E-state index contributed by atoms with van der Waals surface area (Å²) in [6.07, 6.45) is -0.296. The number of benzene rings is 1. The van der Waals surface area contributed by atoms with Gasteiger partial charge in [-0.1, -0.05) is 0 Å². The summed E-state index contributed by atoms with van der Waals surface area (Å²) in [5.41, 5.74) is -1.64. The lowest BCUT2D eigenvalue weighted by Crippen LogP contribution is -2.41. The van der Waals surface area contributed by atoms with Crippen molar-refractivity contribution in [3.05, 3.63) is 35.1 Å². The molecule has 1 atom stereocenters. The predicted molar refractivity (Wildman–Crippen MR) is 81.8 cm³/mol. The van der Waals surface area contributed by atoms with Crippen LogP contribution in [-0.4, -0.2) is 31.4 Å². The average molecular weight is 344 g/mol. The van der Waals surface area contributed by atoms with Crippen LogP contribution in [0.3, 0.4) is 0 Å². The van der Waals surface area contributed by atoms with Gasteiger partial charge in [0.25, 0.3) is 0 Å². The summed E-state index contributed by atoms with van der Waals surface area (Å²) in [6.45, 7) is 7.18. The largest absolute Gasteiger partial charge is 0.469 e. The lowest BCUT2D eigenvalue weighted by molar-refractivity contribution is -0.140. The molecule has 8 heteroatoms. The number of methoxy groups -OCH3 is 1.